The maximum absolute atomic E-state index is 11.1. The van der Waals surface area contributed by atoms with E-state index in [-0.39, 0.29) is 24.6 Å². The molecule has 0 saturated carbocycles. The average Bonchev–Trinajstić information content (AvgIpc) is 2.10. The van der Waals surface area contributed by atoms with E-state index in [1.807, 2.05) is 0 Å². The second kappa shape index (κ2) is 7.41. The number of carbonyl (C=O) groups excluding carboxylic acids is 2. The van der Waals surface area contributed by atoms with E-state index in [0.717, 1.165) is 0 Å². The number of aliphatic carboxylic acids is 2. The number of amides is 1. The molecule has 0 unspecified atom stereocenters. The fourth-order valence-corrected chi connectivity index (χ4v) is 0.798. The van der Waals surface area contributed by atoms with Crippen molar-refractivity contribution in [1.29, 1.82) is 0 Å². The molecule has 0 bridgehead atoms. The van der Waals surface area contributed by atoms with Crippen molar-refractivity contribution in [2.45, 2.75) is 25.8 Å². The summed E-state index contributed by atoms with van der Waals surface area (Å²) in [5.41, 5.74) is 0.150. The van der Waals surface area contributed by atoms with Gasteiger partial charge in [0.2, 0.25) is 5.91 Å². The fourth-order valence-electron chi connectivity index (χ4n) is 0.798. The first-order valence-corrected chi connectivity index (χ1v) is 4.23. The maximum atomic E-state index is 11.1. The Kier molecular flexibility index (Phi) is 7.66. The van der Waals surface area contributed by atoms with E-state index in [9.17, 15) is 19.5 Å². The summed E-state index contributed by atoms with van der Waals surface area (Å²) in [5, 5.41) is 21.0. The van der Waals surface area contributed by atoms with Gasteiger partial charge < -0.3 is 26.5 Å². The van der Waals surface area contributed by atoms with E-state index in [1.54, 1.807) is 0 Å². The van der Waals surface area contributed by atoms with E-state index < -0.39 is 23.9 Å². The van der Waals surface area contributed by atoms with E-state index in [0.29, 0.717) is 0 Å². The Morgan fingerprint density at radius 2 is 1.94 bits per heavy atom. The Labute approximate surface area is 92.7 Å². The van der Waals surface area contributed by atoms with E-state index in [2.05, 4.69) is 11.9 Å². The van der Waals surface area contributed by atoms with Crippen molar-refractivity contribution in [2.75, 3.05) is 0 Å². The molecule has 0 radical (unpaired) electrons. The molecule has 1 amide bonds. The second-order valence-corrected chi connectivity index (χ2v) is 3.06. The quantitative estimate of drug-likeness (QED) is 0.505. The molecule has 0 aliphatic rings. The van der Waals surface area contributed by atoms with Gasteiger partial charge in [-0.1, -0.05) is 6.58 Å². The van der Waals surface area contributed by atoms with Crippen molar-refractivity contribution >= 4 is 17.8 Å². The van der Waals surface area contributed by atoms with Crippen LogP contribution in [0.4, 0.5) is 0 Å². The normalized spacial score (nSPS) is 10.8. The van der Waals surface area contributed by atoms with Crippen molar-refractivity contribution in [3.8, 4) is 0 Å². The van der Waals surface area contributed by atoms with E-state index in [1.165, 1.54) is 6.92 Å². The number of nitrogens with one attached hydrogen (secondary N) is 1. The summed E-state index contributed by atoms with van der Waals surface area (Å²) in [6.07, 6.45) is -0.564. The highest BCUT2D eigenvalue weighted by Gasteiger charge is 2.14. The molecule has 0 aromatic rings. The van der Waals surface area contributed by atoms with E-state index >= 15 is 0 Å². The van der Waals surface area contributed by atoms with Gasteiger partial charge in [0.1, 0.15) is 0 Å². The largest absolute Gasteiger partial charge is 0.548 e. The van der Waals surface area contributed by atoms with Crippen LogP contribution in [0, 0.1) is 0 Å². The molecule has 0 aliphatic carbocycles. The lowest BCUT2D eigenvalue weighted by Gasteiger charge is -2.18. The number of hydrogen-bond acceptors (Lipinski definition) is 4. The van der Waals surface area contributed by atoms with Crippen LogP contribution in [0.15, 0.2) is 12.2 Å². The van der Waals surface area contributed by atoms with Crippen molar-refractivity contribution in [3.05, 3.63) is 12.2 Å². The summed E-state index contributed by atoms with van der Waals surface area (Å²) < 4.78 is 0. The number of carbonyl (C=O) groups is 3. The van der Waals surface area contributed by atoms with Gasteiger partial charge in [-0.25, -0.2) is 0 Å². The molecular formula is C9H16N2O5. The number of rotatable bonds is 6. The summed E-state index contributed by atoms with van der Waals surface area (Å²) in [6, 6.07) is -1.30. The van der Waals surface area contributed by atoms with Crippen LogP contribution in [-0.4, -0.2) is 29.0 Å². The topological polar surface area (TPSA) is 143 Å². The van der Waals surface area contributed by atoms with Gasteiger partial charge in [-0.3, -0.25) is 9.59 Å². The minimum Gasteiger partial charge on any atom is -0.548 e. The molecule has 16 heavy (non-hydrogen) atoms. The first-order valence-electron chi connectivity index (χ1n) is 4.23. The zero-order valence-electron chi connectivity index (χ0n) is 9.28. The predicted octanol–water partition coefficient (Wildman–Crippen LogP) is -0.962. The third-order valence-electron chi connectivity index (χ3n) is 1.62. The molecule has 1 atom stereocenters. The summed E-state index contributed by atoms with van der Waals surface area (Å²) >= 11 is 0. The van der Waals surface area contributed by atoms with Gasteiger partial charge in [-0.05, 0) is 13.3 Å². The summed E-state index contributed by atoms with van der Waals surface area (Å²) in [4.78, 5) is 31.8. The van der Waals surface area contributed by atoms with Crippen LogP contribution >= 0.6 is 0 Å². The van der Waals surface area contributed by atoms with Crippen molar-refractivity contribution in [3.63, 3.8) is 0 Å². The van der Waals surface area contributed by atoms with Crippen LogP contribution in [0.3, 0.4) is 0 Å². The molecule has 6 N–H and O–H groups in total. The monoisotopic (exact) mass is 232 g/mol. The molecule has 0 heterocycles. The third kappa shape index (κ3) is 6.55. The lowest BCUT2D eigenvalue weighted by Crippen LogP contribution is -2.48. The number of carboxylic acid groups (broad SMARTS) is 2. The van der Waals surface area contributed by atoms with Crippen molar-refractivity contribution in [2.24, 2.45) is 0 Å². The Morgan fingerprint density at radius 3 is 2.25 bits per heavy atom. The minimum atomic E-state index is -1.51. The van der Waals surface area contributed by atoms with Crippen LogP contribution in [0.1, 0.15) is 19.8 Å². The van der Waals surface area contributed by atoms with Gasteiger partial charge in [0.25, 0.3) is 0 Å². The first-order chi connectivity index (χ1) is 6.84. The lowest BCUT2D eigenvalue weighted by atomic mass is 10.1. The van der Waals surface area contributed by atoms with Crippen molar-refractivity contribution < 1.29 is 24.6 Å². The maximum Gasteiger partial charge on any atom is 0.303 e. The van der Waals surface area contributed by atoms with Gasteiger partial charge in [-0.2, -0.15) is 0 Å². The predicted molar refractivity (Wildman–Crippen MR) is 54.6 cm³/mol. The molecule has 92 valence electrons. The molecule has 7 heteroatoms. The summed E-state index contributed by atoms with van der Waals surface area (Å²) in [6.45, 7) is 4.74. The highest BCUT2D eigenvalue weighted by atomic mass is 16.4. The molecule has 0 aliphatic heterocycles. The van der Waals surface area contributed by atoms with Crippen LogP contribution in [0.5, 0.6) is 0 Å². The Balaban J connectivity index is 0. The van der Waals surface area contributed by atoms with Gasteiger partial charge in [0, 0.05) is 12.0 Å². The molecule has 0 fully saturated rings. The molecule has 0 aromatic heterocycles. The molecule has 0 rings (SSSR count). The second-order valence-electron chi connectivity index (χ2n) is 3.06. The first kappa shape index (κ1) is 16.5. The third-order valence-corrected chi connectivity index (χ3v) is 1.62. The van der Waals surface area contributed by atoms with Gasteiger partial charge in [0.05, 0.1) is 12.0 Å². The zero-order valence-corrected chi connectivity index (χ0v) is 9.28. The average molecular weight is 232 g/mol. The number of quaternary nitrogens is 1. The minimum absolute atomic E-state index is 0. The smallest absolute Gasteiger partial charge is 0.303 e. The van der Waals surface area contributed by atoms with Crippen LogP contribution < -0.4 is 16.6 Å². The number of hydrogen-bond donors (Lipinski definition) is 3. The van der Waals surface area contributed by atoms with Gasteiger partial charge in [-0.15, -0.1) is 0 Å². The van der Waals surface area contributed by atoms with Crippen LogP contribution in [0.2, 0.25) is 0 Å². The Bertz CT molecular complexity index is 300. The molecule has 0 spiro atoms. The standard InChI is InChI=1S/C9H13NO5.H3N/c1-5(2)8(13)10-6(9(14)15)3-4-7(11)12;/h6H,1,3-4H2,2H3,(H,10,13)(H,11,12)(H,14,15);1H3/t6-;/m1./s1. The van der Waals surface area contributed by atoms with Gasteiger partial charge >= 0.3 is 5.97 Å². The molecule has 0 aromatic carbocycles. The molecular weight excluding hydrogens is 216 g/mol. The van der Waals surface area contributed by atoms with Gasteiger partial charge in [0.15, 0.2) is 0 Å². The summed E-state index contributed by atoms with van der Waals surface area (Å²) in [5.74, 6) is -3.27. The Hall–Kier alpha value is -1.89. The SMILES string of the molecule is C=C(C)C(=O)N[C@H](CCC(=O)O)C(=O)[O-].[NH4+]. The molecule has 0 saturated heterocycles. The fraction of sp³-hybridized carbons (Fsp3) is 0.444. The highest BCUT2D eigenvalue weighted by Crippen LogP contribution is 1.98. The zero-order chi connectivity index (χ0) is 12.0. The van der Waals surface area contributed by atoms with E-state index in [4.69, 9.17) is 5.11 Å². The molecule has 7 nitrogen and oxygen atoms in total. The van der Waals surface area contributed by atoms with Crippen molar-refractivity contribution in [1.82, 2.24) is 11.5 Å². The lowest BCUT2D eigenvalue weighted by molar-refractivity contribution is -0.308. The highest BCUT2D eigenvalue weighted by molar-refractivity contribution is 5.94. The number of carboxylic acids is 2. The van der Waals surface area contributed by atoms with Crippen LogP contribution in [0.25, 0.3) is 0 Å². The van der Waals surface area contributed by atoms with Crippen LogP contribution in [-0.2, 0) is 14.4 Å². The Morgan fingerprint density at radius 1 is 1.44 bits per heavy atom. The summed E-state index contributed by atoms with van der Waals surface area (Å²) in [7, 11) is 0.